The van der Waals surface area contributed by atoms with E-state index in [0.717, 1.165) is 37.2 Å². The molecule has 0 aromatic heterocycles. The fraction of sp³-hybridized carbons (Fsp3) is 0.600. The van der Waals surface area contributed by atoms with Crippen molar-refractivity contribution in [3.8, 4) is 0 Å². The molecule has 1 aromatic rings. The van der Waals surface area contributed by atoms with Gasteiger partial charge in [0.25, 0.3) is 0 Å². The summed E-state index contributed by atoms with van der Waals surface area (Å²) in [5.74, 6) is 0. The molecule has 2 rings (SSSR count). The van der Waals surface area contributed by atoms with E-state index in [-0.39, 0.29) is 0 Å². The molecule has 0 radical (unpaired) electrons. The molecule has 1 aliphatic rings. The molecule has 3 N–H and O–H groups in total. The SMILES string of the molecule is CN(CC(O)c1ccc(CN)cc1)C1CCOCC1. The Labute approximate surface area is 115 Å². The molecule has 1 aliphatic heterocycles. The summed E-state index contributed by atoms with van der Waals surface area (Å²) < 4.78 is 5.36. The molecular formula is C15H24N2O2. The quantitative estimate of drug-likeness (QED) is 0.841. The van der Waals surface area contributed by atoms with Gasteiger partial charge in [-0.25, -0.2) is 0 Å². The van der Waals surface area contributed by atoms with Gasteiger partial charge in [-0.15, -0.1) is 0 Å². The van der Waals surface area contributed by atoms with E-state index in [1.807, 2.05) is 24.3 Å². The summed E-state index contributed by atoms with van der Waals surface area (Å²) in [7, 11) is 2.08. The maximum atomic E-state index is 10.3. The molecule has 0 amide bonds. The summed E-state index contributed by atoms with van der Waals surface area (Å²) in [6, 6.07) is 8.40. The highest BCUT2D eigenvalue weighted by molar-refractivity contribution is 5.24. The summed E-state index contributed by atoms with van der Waals surface area (Å²) >= 11 is 0. The molecule has 0 spiro atoms. The van der Waals surface area contributed by atoms with Gasteiger partial charge in [0.2, 0.25) is 0 Å². The minimum Gasteiger partial charge on any atom is -0.387 e. The number of hydrogen-bond donors (Lipinski definition) is 2. The number of rotatable bonds is 5. The van der Waals surface area contributed by atoms with Gasteiger partial charge in [0.05, 0.1) is 6.10 Å². The number of nitrogens with zero attached hydrogens (tertiary/aromatic N) is 1. The van der Waals surface area contributed by atoms with Crippen LogP contribution in [-0.2, 0) is 11.3 Å². The van der Waals surface area contributed by atoms with Crippen molar-refractivity contribution in [1.29, 1.82) is 0 Å². The summed E-state index contributed by atoms with van der Waals surface area (Å²) in [4.78, 5) is 2.24. The first-order chi connectivity index (χ1) is 9.20. The molecule has 1 aromatic carbocycles. The molecule has 4 heteroatoms. The second kappa shape index (κ2) is 7.01. The van der Waals surface area contributed by atoms with E-state index in [0.29, 0.717) is 19.1 Å². The van der Waals surface area contributed by atoms with E-state index in [9.17, 15) is 5.11 Å². The van der Waals surface area contributed by atoms with Crippen LogP contribution in [0.3, 0.4) is 0 Å². The fourth-order valence-corrected chi connectivity index (χ4v) is 2.53. The summed E-state index contributed by atoms with van der Waals surface area (Å²) in [5.41, 5.74) is 7.62. The van der Waals surface area contributed by atoms with Crippen molar-refractivity contribution in [2.45, 2.75) is 31.5 Å². The van der Waals surface area contributed by atoms with Crippen LogP contribution in [0.2, 0.25) is 0 Å². The standard InChI is InChI=1S/C15H24N2O2/c1-17(14-6-8-19-9-7-14)11-15(18)13-4-2-12(10-16)3-5-13/h2-5,14-15,18H,6-11,16H2,1H3. The predicted octanol–water partition coefficient (Wildman–Crippen LogP) is 1.29. The second-order valence-electron chi connectivity index (χ2n) is 5.24. The number of aliphatic hydroxyl groups is 1. The molecule has 1 fully saturated rings. The Morgan fingerprint density at radius 1 is 1.32 bits per heavy atom. The van der Waals surface area contributed by atoms with Crippen molar-refractivity contribution < 1.29 is 9.84 Å². The van der Waals surface area contributed by atoms with Crippen molar-refractivity contribution in [1.82, 2.24) is 4.90 Å². The first kappa shape index (κ1) is 14.5. The second-order valence-corrected chi connectivity index (χ2v) is 5.24. The van der Waals surface area contributed by atoms with Gasteiger partial charge in [-0.2, -0.15) is 0 Å². The van der Waals surface area contributed by atoms with Gasteiger partial charge >= 0.3 is 0 Å². The molecule has 0 aliphatic carbocycles. The molecule has 106 valence electrons. The van der Waals surface area contributed by atoms with Crippen LogP contribution in [0, 0.1) is 0 Å². The van der Waals surface area contributed by atoms with Gasteiger partial charge in [-0.3, -0.25) is 0 Å². The van der Waals surface area contributed by atoms with Crippen LogP contribution in [0.5, 0.6) is 0 Å². The third-order valence-corrected chi connectivity index (χ3v) is 3.88. The number of likely N-dealkylation sites (N-methyl/N-ethyl adjacent to an activating group) is 1. The normalized spacial score (nSPS) is 18.7. The molecule has 1 atom stereocenters. The number of benzene rings is 1. The van der Waals surface area contributed by atoms with E-state index in [1.165, 1.54) is 0 Å². The predicted molar refractivity (Wildman–Crippen MR) is 75.8 cm³/mol. The molecule has 4 nitrogen and oxygen atoms in total. The average molecular weight is 264 g/mol. The highest BCUT2D eigenvalue weighted by Gasteiger charge is 2.20. The van der Waals surface area contributed by atoms with E-state index in [1.54, 1.807) is 0 Å². The van der Waals surface area contributed by atoms with Crippen LogP contribution < -0.4 is 5.73 Å². The Morgan fingerprint density at radius 3 is 2.53 bits per heavy atom. The lowest BCUT2D eigenvalue weighted by atomic mass is 10.0. The minimum absolute atomic E-state index is 0.445. The average Bonchev–Trinajstić information content (AvgIpc) is 2.48. The molecule has 0 saturated carbocycles. The molecule has 0 bridgehead atoms. The number of hydrogen-bond acceptors (Lipinski definition) is 4. The highest BCUT2D eigenvalue weighted by Crippen LogP contribution is 2.19. The Bertz CT molecular complexity index is 374. The van der Waals surface area contributed by atoms with Crippen LogP contribution in [-0.4, -0.2) is 42.9 Å². The lowest BCUT2D eigenvalue weighted by Gasteiger charge is -2.32. The molecule has 1 unspecified atom stereocenters. The number of ether oxygens (including phenoxy) is 1. The van der Waals surface area contributed by atoms with Gasteiger partial charge < -0.3 is 20.5 Å². The Balaban J connectivity index is 1.89. The Hall–Kier alpha value is -0.940. The smallest absolute Gasteiger partial charge is 0.0916 e. The molecule has 19 heavy (non-hydrogen) atoms. The van der Waals surface area contributed by atoms with E-state index in [2.05, 4.69) is 11.9 Å². The van der Waals surface area contributed by atoms with Crippen molar-refractivity contribution in [2.75, 3.05) is 26.8 Å². The molecule has 1 saturated heterocycles. The van der Waals surface area contributed by atoms with Crippen molar-refractivity contribution in [3.05, 3.63) is 35.4 Å². The van der Waals surface area contributed by atoms with Gasteiger partial charge in [0.15, 0.2) is 0 Å². The van der Waals surface area contributed by atoms with Crippen LogP contribution in [0.25, 0.3) is 0 Å². The zero-order valence-electron chi connectivity index (χ0n) is 11.6. The monoisotopic (exact) mass is 264 g/mol. The zero-order chi connectivity index (χ0) is 13.7. The van der Waals surface area contributed by atoms with E-state index in [4.69, 9.17) is 10.5 Å². The first-order valence-corrected chi connectivity index (χ1v) is 6.95. The zero-order valence-corrected chi connectivity index (χ0v) is 11.6. The lowest BCUT2D eigenvalue weighted by molar-refractivity contribution is 0.0253. The summed E-state index contributed by atoms with van der Waals surface area (Å²) in [5, 5.41) is 10.3. The van der Waals surface area contributed by atoms with E-state index >= 15 is 0 Å². The Kier molecular flexibility index (Phi) is 5.34. The van der Waals surface area contributed by atoms with Crippen molar-refractivity contribution >= 4 is 0 Å². The van der Waals surface area contributed by atoms with Crippen LogP contribution in [0.1, 0.15) is 30.1 Å². The number of aliphatic hydroxyl groups excluding tert-OH is 1. The van der Waals surface area contributed by atoms with Crippen LogP contribution in [0.15, 0.2) is 24.3 Å². The maximum absolute atomic E-state index is 10.3. The third kappa shape index (κ3) is 4.01. The topological polar surface area (TPSA) is 58.7 Å². The van der Waals surface area contributed by atoms with Gasteiger partial charge in [0, 0.05) is 32.3 Å². The van der Waals surface area contributed by atoms with E-state index < -0.39 is 6.10 Å². The number of nitrogens with two attached hydrogens (primary N) is 1. The largest absolute Gasteiger partial charge is 0.387 e. The van der Waals surface area contributed by atoms with Gasteiger partial charge in [-0.1, -0.05) is 24.3 Å². The van der Waals surface area contributed by atoms with Gasteiger partial charge in [0.1, 0.15) is 0 Å². The van der Waals surface area contributed by atoms with Crippen LogP contribution >= 0.6 is 0 Å². The van der Waals surface area contributed by atoms with Gasteiger partial charge in [-0.05, 0) is 31.0 Å². The van der Waals surface area contributed by atoms with Crippen molar-refractivity contribution in [2.24, 2.45) is 5.73 Å². The third-order valence-electron chi connectivity index (χ3n) is 3.88. The Morgan fingerprint density at radius 2 is 1.95 bits per heavy atom. The summed E-state index contributed by atoms with van der Waals surface area (Å²) in [6.45, 7) is 2.86. The van der Waals surface area contributed by atoms with Crippen molar-refractivity contribution in [3.63, 3.8) is 0 Å². The highest BCUT2D eigenvalue weighted by atomic mass is 16.5. The summed E-state index contributed by atoms with van der Waals surface area (Å²) in [6.07, 6.45) is 1.66. The molecule has 1 heterocycles. The maximum Gasteiger partial charge on any atom is 0.0916 e. The fourth-order valence-electron chi connectivity index (χ4n) is 2.53. The first-order valence-electron chi connectivity index (χ1n) is 6.95. The minimum atomic E-state index is -0.445. The van der Waals surface area contributed by atoms with Crippen LogP contribution in [0.4, 0.5) is 0 Å². The lowest BCUT2D eigenvalue weighted by Crippen LogP contribution is -2.38. The molecular weight excluding hydrogens is 240 g/mol.